The molecule has 0 aliphatic rings. The van der Waals surface area contributed by atoms with E-state index < -0.39 is 42.4 Å². The molecule has 0 aromatic heterocycles. The summed E-state index contributed by atoms with van der Waals surface area (Å²) in [5, 5.41) is 33.4. The lowest BCUT2D eigenvalue weighted by Gasteiger charge is -2.18. The van der Waals surface area contributed by atoms with Crippen LogP contribution in [-0.4, -0.2) is 64.9 Å². The molecule has 10 nitrogen and oxygen atoms in total. The van der Waals surface area contributed by atoms with Gasteiger partial charge in [-0.05, 0) is 32.9 Å². The lowest BCUT2D eigenvalue weighted by atomic mass is 10.1. The van der Waals surface area contributed by atoms with Crippen molar-refractivity contribution in [3.05, 3.63) is 0 Å². The van der Waals surface area contributed by atoms with Gasteiger partial charge in [0.2, 0.25) is 0 Å². The fourth-order valence-electron chi connectivity index (χ4n) is 1.62. The van der Waals surface area contributed by atoms with Crippen LogP contribution in [0.5, 0.6) is 0 Å². The molecular weight excluding hydrogens is 298 g/mol. The first-order chi connectivity index (χ1) is 10.3. The lowest BCUT2D eigenvalue weighted by molar-refractivity contribution is -0.140. The van der Waals surface area contributed by atoms with E-state index >= 15 is 0 Å². The van der Waals surface area contributed by atoms with Crippen LogP contribution in [0, 0.1) is 0 Å². The van der Waals surface area contributed by atoms with Gasteiger partial charge in [0.1, 0.15) is 12.1 Å². The summed E-state index contributed by atoms with van der Waals surface area (Å²) in [4.78, 5) is 44.0. The third-order valence-corrected chi connectivity index (χ3v) is 2.77. The van der Waals surface area contributed by atoms with Gasteiger partial charge in [0, 0.05) is 6.42 Å². The van der Waals surface area contributed by atoms with Gasteiger partial charge in [0.15, 0.2) is 0 Å². The highest BCUT2D eigenvalue weighted by molar-refractivity contribution is 5.86. The van der Waals surface area contributed by atoms with Crippen molar-refractivity contribution in [2.24, 2.45) is 0 Å². The Hall–Kier alpha value is -2.36. The van der Waals surface area contributed by atoms with Crippen molar-refractivity contribution in [3.63, 3.8) is 0 Å². The Morgan fingerprint density at radius 1 is 0.909 bits per heavy atom. The second-order valence-corrected chi connectivity index (χ2v) is 4.58. The molecule has 0 radical (unpaired) electrons. The van der Waals surface area contributed by atoms with E-state index in [1.807, 2.05) is 0 Å². The molecule has 0 saturated carbocycles. The summed E-state index contributed by atoms with van der Waals surface area (Å²) in [6.45, 7) is 0.573. The van der Waals surface area contributed by atoms with Gasteiger partial charge in [0.05, 0.1) is 0 Å². The molecule has 0 spiro atoms. The number of carbonyl (C=O) groups excluding carboxylic acids is 1. The molecule has 0 fully saturated rings. The molecule has 0 bridgehead atoms. The first-order valence-corrected chi connectivity index (χ1v) is 6.67. The molecule has 0 aromatic rings. The van der Waals surface area contributed by atoms with Crippen LogP contribution < -0.4 is 16.0 Å². The molecule has 2 amide bonds. The number of carbonyl (C=O) groups is 4. The third-order valence-electron chi connectivity index (χ3n) is 2.77. The van der Waals surface area contributed by atoms with Crippen molar-refractivity contribution in [1.29, 1.82) is 0 Å². The highest BCUT2D eigenvalue weighted by Crippen LogP contribution is 2.00. The van der Waals surface area contributed by atoms with Crippen molar-refractivity contribution in [3.8, 4) is 0 Å². The first kappa shape index (κ1) is 19.6. The Morgan fingerprint density at radius 2 is 1.41 bits per heavy atom. The summed E-state index contributed by atoms with van der Waals surface area (Å²) in [6, 6.07) is -3.51. The lowest BCUT2D eigenvalue weighted by Crippen LogP contribution is -2.51. The monoisotopic (exact) mass is 319 g/mol. The zero-order valence-electron chi connectivity index (χ0n) is 12.2. The van der Waals surface area contributed by atoms with Crippen LogP contribution in [0.15, 0.2) is 0 Å². The number of hydrogen-bond acceptors (Lipinski definition) is 5. The largest absolute Gasteiger partial charge is 0.481 e. The topological polar surface area (TPSA) is 165 Å². The molecule has 10 heteroatoms. The number of nitrogens with one attached hydrogen (secondary N) is 3. The Kier molecular flexibility index (Phi) is 9.27. The molecule has 6 N–H and O–H groups in total. The van der Waals surface area contributed by atoms with Crippen molar-refractivity contribution in [2.45, 2.75) is 37.8 Å². The van der Waals surface area contributed by atoms with E-state index in [-0.39, 0.29) is 12.8 Å². The molecule has 0 heterocycles. The van der Waals surface area contributed by atoms with Gasteiger partial charge < -0.3 is 31.3 Å². The summed E-state index contributed by atoms with van der Waals surface area (Å²) in [7, 11) is 1.70. The van der Waals surface area contributed by atoms with Gasteiger partial charge in [-0.2, -0.15) is 0 Å². The summed E-state index contributed by atoms with van der Waals surface area (Å²) in [5.74, 6) is -3.81. The maximum absolute atomic E-state index is 11.6. The predicted molar refractivity (Wildman–Crippen MR) is 74.5 cm³/mol. The smallest absolute Gasteiger partial charge is 0.326 e. The van der Waals surface area contributed by atoms with Crippen molar-refractivity contribution >= 4 is 23.9 Å². The van der Waals surface area contributed by atoms with Crippen LogP contribution in [0.2, 0.25) is 0 Å². The predicted octanol–water partition coefficient (Wildman–Crippen LogP) is -0.944. The van der Waals surface area contributed by atoms with Crippen LogP contribution >= 0.6 is 0 Å². The normalized spacial score (nSPS) is 13.0. The fourth-order valence-corrected chi connectivity index (χ4v) is 1.62. The van der Waals surface area contributed by atoms with Gasteiger partial charge in [-0.1, -0.05) is 0 Å². The van der Waals surface area contributed by atoms with E-state index in [0.717, 1.165) is 0 Å². The van der Waals surface area contributed by atoms with Gasteiger partial charge >= 0.3 is 23.9 Å². The number of rotatable bonds is 11. The average Bonchev–Trinajstić information content (AvgIpc) is 2.41. The average molecular weight is 319 g/mol. The first-order valence-electron chi connectivity index (χ1n) is 6.67. The molecule has 0 aliphatic carbocycles. The number of aliphatic carboxylic acids is 3. The highest BCUT2D eigenvalue weighted by atomic mass is 16.4. The third kappa shape index (κ3) is 8.74. The zero-order chi connectivity index (χ0) is 17.1. The Morgan fingerprint density at radius 3 is 1.82 bits per heavy atom. The molecule has 0 saturated heterocycles. The molecule has 0 aliphatic heterocycles. The molecular formula is C12H21N3O7. The fraction of sp³-hybridized carbons (Fsp3) is 0.667. The number of amides is 2. The van der Waals surface area contributed by atoms with Gasteiger partial charge in [-0.3, -0.25) is 4.79 Å². The SMILES string of the molecule is CNCCC[C@H](NC(=O)N[C@@H](CCC(=O)O)C(=O)O)C(=O)O. The summed E-state index contributed by atoms with van der Waals surface area (Å²) in [5.41, 5.74) is 0. The van der Waals surface area contributed by atoms with Crippen molar-refractivity contribution in [2.75, 3.05) is 13.6 Å². The van der Waals surface area contributed by atoms with E-state index in [0.29, 0.717) is 13.0 Å². The summed E-state index contributed by atoms with van der Waals surface area (Å²) in [6.07, 6.45) is -0.0388. The molecule has 126 valence electrons. The molecule has 2 atom stereocenters. The van der Waals surface area contributed by atoms with Gasteiger partial charge in [-0.25, -0.2) is 14.4 Å². The second-order valence-electron chi connectivity index (χ2n) is 4.58. The van der Waals surface area contributed by atoms with Gasteiger partial charge in [-0.15, -0.1) is 0 Å². The van der Waals surface area contributed by atoms with E-state index in [1.54, 1.807) is 7.05 Å². The van der Waals surface area contributed by atoms with E-state index in [9.17, 15) is 19.2 Å². The summed E-state index contributed by atoms with van der Waals surface area (Å²) >= 11 is 0. The molecule has 22 heavy (non-hydrogen) atoms. The molecule has 0 aromatic carbocycles. The Balaban J connectivity index is 4.47. The second kappa shape index (κ2) is 10.4. The van der Waals surface area contributed by atoms with Crippen LogP contribution in [0.25, 0.3) is 0 Å². The van der Waals surface area contributed by atoms with Crippen LogP contribution in [0.3, 0.4) is 0 Å². The molecule has 0 rings (SSSR count). The maximum atomic E-state index is 11.6. The number of urea groups is 1. The Bertz CT molecular complexity index is 414. The summed E-state index contributed by atoms with van der Waals surface area (Å²) < 4.78 is 0. The highest BCUT2D eigenvalue weighted by Gasteiger charge is 2.24. The minimum Gasteiger partial charge on any atom is -0.481 e. The van der Waals surface area contributed by atoms with Gasteiger partial charge in [0.25, 0.3) is 0 Å². The number of hydrogen-bond donors (Lipinski definition) is 6. The number of carboxylic acids is 3. The zero-order valence-corrected chi connectivity index (χ0v) is 12.2. The van der Waals surface area contributed by atoms with Crippen molar-refractivity contribution in [1.82, 2.24) is 16.0 Å². The number of carboxylic acid groups (broad SMARTS) is 3. The van der Waals surface area contributed by atoms with Crippen LogP contribution in [0.1, 0.15) is 25.7 Å². The Labute approximate surface area is 126 Å². The van der Waals surface area contributed by atoms with Crippen LogP contribution in [0.4, 0.5) is 4.79 Å². The molecule has 0 unspecified atom stereocenters. The standard InChI is InChI=1S/C12H21N3O7/c1-13-6-2-3-7(10(18)19)14-12(22)15-8(11(20)21)4-5-9(16)17/h7-8,13H,2-6H2,1H3,(H,16,17)(H,18,19)(H,20,21)(H2,14,15,22)/t7-,8-/m0/s1. The quantitative estimate of drug-likeness (QED) is 0.265. The van der Waals surface area contributed by atoms with E-state index in [2.05, 4.69) is 16.0 Å². The van der Waals surface area contributed by atoms with E-state index in [1.165, 1.54) is 0 Å². The minimum absolute atomic E-state index is 0.177. The maximum Gasteiger partial charge on any atom is 0.326 e. The van der Waals surface area contributed by atoms with E-state index in [4.69, 9.17) is 15.3 Å². The van der Waals surface area contributed by atoms with Crippen LogP contribution in [-0.2, 0) is 14.4 Å². The van der Waals surface area contributed by atoms with Crippen molar-refractivity contribution < 1.29 is 34.5 Å². The minimum atomic E-state index is -1.40.